The van der Waals surface area contributed by atoms with E-state index < -0.39 is 9.04 Å². The van der Waals surface area contributed by atoms with Crippen molar-refractivity contribution in [3.8, 4) is 11.5 Å². The minimum Gasteiger partial charge on any atom is -0.542 e. The van der Waals surface area contributed by atoms with Gasteiger partial charge in [0.25, 0.3) is 9.04 Å². The van der Waals surface area contributed by atoms with Crippen LogP contribution >= 0.6 is 0 Å². The molecule has 1 aliphatic heterocycles. The third-order valence-corrected chi connectivity index (χ3v) is 5.61. The molecule has 6 heteroatoms. The smallest absolute Gasteiger partial charge is 0.337 e. The van der Waals surface area contributed by atoms with Crippen LogP contribution in [0.3, 0.4) is 0 Å². The predicted octanol–water partition coefficient (Wildman–Crippen LogP) is 5.03. The van der Waals surface area contributed by atoms with Gasteiger partial charge in [-0.25, -0.2) is 4.79 Å². The van der Waals surface area contributed by atoms with Gasteiger partial charge in [0, 0.05) is 7.11 Å². The number of rotatable bonds is 4. The van der Waals surface area contributed by atoms with E-state index in [9.17, 15) is 4.79 Å². The summed E-state index contributed by atoms with van der Waals surface area (Å²) in [4.78, 5) is 12.0. The molecule has 0 N–H and O–H groups in total. The zero-order valence-corrected chi connectivity index (χ0v) is 19.2. The number of carbonyl (C=O) groups is 1. The molecule has 155 valence electrons. The van der Waals surface area contributed by atoms with Crippen LogP contribution in [0.5, 0.6) is 11.5 Å². The lowest BCUT2D eigenvalue weighted by atomic mass is 9.83. The second kappa shape index (κ2) is 8.20. The van der Waals surface area contributed by atoms with Crippen LogP contribution in [0.4, 0.5) is 0 Å². The van der Waals surface area contributed by atoms with Gasteiger partial charge in [0.05, 0.1) is 18.2 Å². The van der Waals surface area contributed by atoms with Crippen molar-refractivity contribution >= 4 is 15.0 Å². The van der Waals surface area contributed by atoms with Gasteiger partial charge in [-0.15, -0.1) is 0 Å². The minimum atomic E-state index is -1.01. The lowest BCUT2D eigenvalue weighted by molar-refractivity contribution is 0.0600. The molecule has 5 nitrogen and oxygen atoms in total. The monoisotopic (exact) mass is 413 g/mol. The highest BCUT2D eigenvalue weighted by molar-refractivity contribution is 6.49. The molecule has 1 radical (unpaired) electrons. The summed E-state index contributed by atoms with van der Waals surface area (Å²) in [5.74, 6) is 1.23. The molecular weight excluding hydrogens is 384 g/mol. The Morgan fingerprint density at radius 2 is 1.86 bits per heavy atom. The van der Waals surface area contributed by atoms with Gasteiger partial charge in [-0.1, -0.05) is 32.9 Å². The first-order valence-corrected chi connectivity index (χ1v) is 12.1. The Morgan fingerprint density at radius 3 is 2.45 bits per heavy atom. The molecule has 0 spiro atoms. The maximum absolute atomic E-state index is 12.0. The summed E-state index contributed by atoms with van der Waals surface area (Å²) in [6.07, 6.45) is -0.354. The molecule has 1 unspecified atom stereocenters. The molecule has 0 saturated heterocycles. The molecule has 0 amide bonds. The molecule has 2 aromatic carbocycles. The number of esters is 1. The molecule has 0 aromatic heterocycles. The average Bonchev–Trinajstić information content (AvgIpc) is 2.82. The van der Waals surface area contributed by atoms with Crippen LogP contribution in [0, 0.1) is 0 Å². The van der Waals surface area contributed by atoms with Gasteiger partial charge in [-0.2, -0.15) is 0 Å². The first-order valence-electron chi connectivity index (χ1n) is 9.69. The number of hydrogen-bond donors (Lipinski definition) is 0. The summed E-state index contributed by atoms with van der Waals surface area (Å²) < 4.78 is 23.4. The van der Waals surface area contributed by atoms with Gasteiger partial charge in [-0.05, 0) is 53.4 Å². The van der Waals surface area contributed by atoms with Gasteiger partial charge in [-0.3, -0.25) is 0 Å². The Hall–Kier alpha value is -2.31. The standard InChI is InChI=1S/C23H29O5Si/c1-23(2,3)17-10-11-18-19(21(17)28-29(6)7)20(25-4)16-9-8-14(22(24)26-5)12-15(16)13-27-18/h8-12,20H,13H2,1-7H3. The van der Waals surface area contributed by atoms with E-state index in [1.807, 2.05) is 18.2 Å². The van der Waals surface area contributed by atoms with Crippen molar-refractivity contribution in [2.75, 3.05) is 14.2 Å². The van der Waals surface area contributed by atoms with E-state index in [1.165, 1.54) is 7.11 Å². The Morgan fingerprint density at radius 1 is 1.14 bits per heavy atom. The maximum Gasteiger partial charge on any atom is 0.337 e. The Labute approximate surface area is 174 Å². The van der Waals surface area contributed by atoms with Crippen molar-refractivity contribution in [1.29, 1.82) is 0 Å². The van der Waals surface area contributed by atoms with Gasteiger partial charge in [0.1, 0.15) is 24.2 Å². The zero-order valence-electron chi connectivity index (χ0n) is 18.2. The molecule has 0 bridgehead atoms. The highest BCUT2D eigenvalue weighted by Gasteiger charge is 2.33. The first kappa shape index (κ1) is 21.4. The number of hydrogen-bond acceptors (Lipinski definition) is 5. The average molecular weight is 414 g/mol. The third kappa shape index (κ3) is 4.18. The van der Waals surface area contributed by atoms with Crippen LogP contribution in [0.25, 0.3) is 0 Å². The van der Waals surface area contributed by atoms with Crippen LogP contribution in [-0.2, 0) is 21.5 Å². The zero-order chi connectivity index (χ0) is 21.3. The predicted molar refractivity (Wildman–Crippen MR) is 114 cm³/mol. The fraction of sp³-hybridized carbons (Fsp3) is 0.435. The number of methoxy groups -OCH3 is 2. The second-order valence-electron chi connectivity index (χ2n) is 8.42. The van der Waals surface area contributed by atoms with Crippen LogP contribution in [0.2, 0.25) is 13.1 Å². The second-order valence-corrected chi connectivity index (χ2v) is 10.4. The minimum absolute atomic E-state index is 0.0934. The normalized spacial score (nSPS) is 15.8. The SMILES string of the molecule is COC(=O)c1ccc2c(c1)COc1ccc(C(C)(C)C)c(O[Si](C)C)c1C2OC. The van der Waals surface area contributed by atoms with E-state index >= 15 is 0 Å². The summed E-state index contributed by atoms with van der Waals surface area (Å²) in [5.41, 5.74) is 4.31. The highest BCUT2D eigenvalue weighted by Crippen LogP contribution is 2.47. The molecule has 2 aromatic rings. The van der Waals surface area contributed by atoms with Crippen LogP contribution in [0.15, 0.2) is 30.3 Å². The summed E-state index contributed by atoms with van der Waals surface area (Å²) in [6.45, 7) is 11.1. The van der Waals surface area contributed by atoms with Gasteiger partial charge in [0.15, 0.2) is 0 Å². The fourth-order valence-corrected chi connectivity index (χ4v) is 4.28. The van der Waals surface area contributed by atoms with E-state index in [-0.39, 0.29) is 17.5 Å². The molecule has 1 atom stereocenters. The largest absolute Gasteiger partial charge is 0.542 e. The van der Waals surface area contributed by atoms with Gasteiger partial charge >= 0.3 is 5.97 Å². The van der Waals surface area contributed by atoms with Crippen LogP contribution in [0.1, 0.15) is 59.5 Å². The quantitative estimate of drug-likeness (QED) is 0.520. The highest BCUT2D eigenvalue weighted by atomic mass is 28.3. The van der Waals surface area contributed by atoms with E-state index in [1.54, 1.807) is 13.2 Å². The van der Waals surface area contributed by atoms with Gasteiger partial charge < -0.3 is 18.6 Å². The van der Waals surface area contributed by atoms with Crippen molar-refractivity contribution < 1.29 is 23.4 Å². The number of fused-ring (bicyclic) bond motifs is 2. The maximum atomic E-state index is 12.0. The Bertz CT molecular complexity index is 914. The number of carbonyl (C=O) groups excluding carboxylic acids is 1. The Kier molecular flexibility index (Phi) is 6.05. The summed E-state index contributed by atoms with van der Waals surface area (Å²) in [6, 6.07) is 9.59. The van der Waals surface area contributed by atoms with Crippen molar-refractivity contribution in [2.24, 2.45) is 0 Å². The van der Waals surface area contributed by atoms with Crippen molar-refractivity contribution in [1.82, 2.24) is 0 Å². The van der Waals surface area contributed by atoms with E-state index in [2.05, 4.69) is 39.9 Å². The molecule has 1 heterocycles. The molecule has 0 aliphatic carbocycles. The summed E-state index contributed by atoms with van der Waals surface area (Å²) in [5, 5.41) is 0. The molecular formula is C23H29O5Si. The lowest BCUT2D eigenvalue weighted by Crippen LogP contribution is -2.21. The topological polar surface area (TPSA) is 54.0 Å². The number of ether oxygens (including phenoxy) is 3. The van der Waals surface area contributed by atoms with Gasteiger partial charge in [0.2, 0.25) is 0 Å². The summed E-state index contributed by atoms with van der Waals surface area (Å²) in [7, 11) is 2.06. The van der Waals surface area contributed by atoms with Crippen molar-refractivity contribution in [3.63, 3.8) is 0 Å². The lowest BCUT2D eigenvalue weighted by Gasteiger charge is -2.29. The summed E-state index contributed by atoms with van der Waals surface area (Å²) >= 11 is 0. The van der Waals surface area contributed by atoms with Crippen LogP contribution in [-0.4, -0.2) is 29.2 Å². The van der Waals surface area contributed by atoms with Crippen molar-refractivity contribution in [3.05, 3.63) is 58.1 Å². The fourth-order valence-electron chi connectivity index (χ4n) is 3.65. The first-order chi connectivity index (χ1) is 13.7. The molecule has 3 rings (SSSR count). The van der Waals surface area contributed by atoms with Crippen LogP contribution < -0.4 is 9.16 Å². The van der Waals surface area contributed by atoms with E-state index in [4.69, 9.17) is 18.6 Å². The third-order valence-electron chi connectivity index (χ3n) is 5.00. The van der Waals surface area contributed by atoms with E-state index in [0.29, 0.717) is 12.2 Å². The number of benzene rings is 2. The molecule has 29 heavy (non-hydrogen) atoms. The molecule has 0 fully saturated rings. The molecule has 0 saturated carbocycles. The van der Waals surface area contributed by atoms with Crippen molar-refractivity contribution in [2.45, 2.75) is 52.0 Å². The Balaban J connectivity index is 2.23. The molecule has 1 aliphatic rings. The van der Waals surface area contributed by atoms with E-state index in [0.717, 1.165) is 33.8 Å².